The number of nitrogens with two attached hydrogens (primary N) is 1. The molecule has 0 saturated heterocycles. The maximum Gasteiger partial charge on any atom is 0.230 e. The number of amides is 1. The van der Waals surface area contributed by atoms with E-state index in [1.165, 1.54) is 11.3 Å². The third kappa shape index (κ3) is 1.60. The van der Waals surface area contributed by atoms with Gasteiger partial charge in [0, 0.05) is 17.5 Å². The van der Waals surface area contributed by atoms with Crippen LogP contribution in [0.5, 0.6) is 0 Å². The highest BCUT2D eigenvalue weighted by Crippen LogP contribution is 2.45. The normalized spacial score (nSPS) is 22.6. The highest BCUT2D eigenvalue weighted by molar-refractivity contribution is 7.16. The van der Waals surface area contributed by atoms with Crippen molar-refractivity contribution in [1.82, 2.24) is 5.32 Å². The summed E-state index contributed by atoms with van der Waals surface area (Å²) in [6.07, 6.45) is 2.64. The van der Waals surface area contributed by atoms with Gasteiger partial charge in [0.2, 0.25) is 5.91 Å². The predicted molar refractivity (Wildman–Crippen MR) is 67.8 cm³/mol. The van der Waals surface area contributed by atoms with Gasteiger partial charge in [-0.1, -0.05) is 0 Å². The maximum absolute atomic E-state index is 12.1. The van der Waals surface area contributed by atoms with Gasteiger partial charge in [-0.25, -0.2) is 0 Å². The Morgan fingerprint density at radius 2 is 2.35 bits per heavy atom. The summed E-state index contributed by atoms with van der Waals surface area (Å²) in [6.45, 7) is 1.90. The van der Waals surface area contributed by atoms with E-state index >= 15 is 0 Å². The first-order chi connectivity index (χ1) is 8.04. The van der Waals surface area contributed by atoms with Crippen molar-refractivity contribution in [1.29, 1.82) is 5.26 Å². The quantitative estimate of drug-likeness (QED) is 0.792. The summed E-state index contributed by atoms with van der Waals surface area (Å²) in [7, 11) is 1.63. The van der Waals surface area contributed by atoms with Crippen molar-refractivity contribution in [2.45, 2.75) is 31.6 Å². The van der Waals surface area contributed by atoms with Crippen LogP contribution in [0, 0.1) is 11.3 Å². The molecule has 0 bridgehead atoms. The van der Waals surface area contributed by atoms with Gasteiger partial charge >= 0.3 is 0 Å². The van der Waals surface area contributed by atoms with Crippen LogP contribution in [-0.2, 0) is 16.6 Å². The van der Waals surface area contributed by atoms with E-state index in [4.69, 9.17) is 5.73 Å². The molecule has 0 spiro atoms. The molecule has 0 fully saturated rings. The highest BCUT2D eigenvalue weighted by atomic mass is 32.1. The molecule has 1 aliphatic rings. The van der Waals surface area contributed by atoms with Crippen molar-refractivity contribution in [2.24, 2.45) is 0 Å². The van der Waals surface area contributed by atoms with Gasteiger partial charge in [-0.05, 0) is 26.2 Å². The van der Waals surface area contributed by atoms with E-state index in [0.29, 0.717) is 10.6 Å². The van der Waals surface area contributed by atoms with E-state index < -0.39 is 5.41 Å². The molecule has 1 aliphatic carbocycles. The molecule has 17 heavy (non-hydrogen) atoms. The van der Waals surface area contributed by atoms with Crippen LogP contribution in [0.3, 0.4) is 0 Å². The Bertz CT molecular complexity index is 515. The Morgan fingerprint density at radius 3 is 2.94 bits per heavy atom. The van der Waals surface area contributed by atoms with Crippen molar-refractivity contribution in [3.8, 4) is 6.07 Å². The lowest BCUT2D eigenvalue weighted by Crippen LogP contribution is -2.43. The summed E-state index contributed by atoms with van der Waals surface area (Å²) < 4.78 is 0. The zero-order chi connectivity index (χ0) is 12.6. The standard InChI is InChI=1S/C12H15N3OS/c1-12(11(16)15-2)5-3-4-8-9(12)7(6-13)10(14)17-8/h3-5,14H2,1-2H3,(H,15,16). The number of fused-ring (bicyclic) bond motifs is 1. The molecule has 0 saturated carbocycles. The van der Waals surface area contributed by atoms with Gasteiger partial charge < -0.3 is 11.1 Å². The molecule has 0 aliphatic heterocycles. The second-order valence-electron chi connectivity index (χ2n) is 4.52. The smallest absolute Gasteiger partial charge is 0.230 e. The molecule has 1 aromatic heterocycles. The van der Waals surface area contributed by atoms with Crippen LogP contribution in [0.2, 0.25) is 0 Å². The van der Waals surface area contributed by atoms with Gasteiger partial charge in [0.15, 0.2) is 0 Å². The first-order valence-corrected chi connectivity index (χ1v) is 6.40. The Morgan fingerprint density at radius 1 is 1.65 bits per heavy atom. The topological polar surface area (TPSA) is 78.9 Å². The number of rotatable bonds is 1. The van der Waals surface area contributed by atoms with Gasteiger partial charge in [0.25, 0.3) is 0 Å². The number of aryl methyl sites for hydroxylation is 1. The molecular formula is C12H15N3OS. The third-order valence-corrected chi connectivity index (χ3v) is 4.56. The molecule has 1 atom stereocenters. The number of nitriles is 1. The van der Waals surface area contributed by atoms with E-state index in [1.54, 1.807) is 7.05 Å². The van der Waals surface area contributed by atoms with Gasteiger partial charge in [-0.15, -0.1) is 11.3 Å². The zero-order valence-corrected chi connectivity index (χ0v) is 10.8. The van der Waals surface area contributed by atoms with Crippen LogP contribution in [0.25, 0.3) is 0 Å². The molecule has 1 aromatic rings. The fourth-order valence-electron chi connectivity index (χ4n) is 2.60. The molecule has 0 radical (unpaired) electrons. The average molecular weight is 249 g/mol. The number of carbonyl (C=O) groups is 1. The first kappa shape index (κ1) is 11.9. The molecular weight excluding hydrogens is 234 g/mol. The van der Waals surface area contributed by atoms with E-state index in [2.05, 4.69) is 11.4 Å². The minimum Gasteiger partial charge on any atom is -0.389 e. The largest absolute Gasteiger partial charge is 0.389 e. The Labute approximate surface area is 104 Å². The molecule has 0 aromatic carbocycles. The Balaban J connectivity index is 2.65. The van der Waals surface area contributed by atoms with Gasteiger partial charge in [0.05, 0.1) is 11.0 Å². The number of anilines is 1. The van der Waals surface area contributed by atoms with Crippen molar-refractivity contribution in [3.63, 3.8) is 0 Å². The predicted octanol–water partition coefficient (Wildman–Crippen LogP) is 1.54. The number of thiophene rings is 1. The van der Waals surface area contributed by atoms with Crippen molar-refractivity contribution in [3.05, 3.63) is 16.0 Å². The number of hydrogen-bond acceptors (Lipinski definition) is 4. The first-order valence-electron chi connectivity index (χ1n) is 5.58. The second kappa shape index (κ2) is 4.04. The maximum atomic E-state index is 12.1. The van der Waals surface area contributed by atoms with Crippen LogP contribution in [-0.4, -0.2) is 13.0 Å². The monoisotopic (exact) mass is 249 g/mol. The lowest BCUT2D eigenvalue weighted by Gasteiger charge is -2.32. The van der Waals surface area contributed by atoms with E-state index in [9.17, 15) is 10.1 Å². The fourth-order valence-corrected chi connectivity index (χ4v) is 3.79. The summed E-state index contributed by atoms with van der Waals surface area (Å²) in [5, 5.41) is 12.4. The minimum atomic E-state index is -0.610. The van der Waals surface area contributed by atoms with Crippen molar-refractivity contribution < 1.29 is 4.79 Å². The van der Waals surface area contributed by atoms with E-state index in [1.807, 2.05) is 6.92 Å². The summed E-state index contributed by atoms with van der Waals surface area (Å²) in [4.78, 5) is 13.2. The van der Waals surface area contributed by atoms with Crippen molar-refractivity contribution in [2.75, 3.05) is 12.8 Å². The van der Waals surface area contributed by atoms with Gasteiger partial charge in [0.1, 0.15) is 11.1 Å². The Hall–Kier alpha value is -1.54. The molecule has 2 rings (SSSR count). The zero-order valence-electron chi connectivity index (χ0n) is 9.96. The van der Waals surface area contributed by atoms with Gasteiger partial charge in [-0.3, -0.25) is 4.79 Å². The molecule has 4 nitrogen and oxygen atoms in total. The molecule has 90 valence electrons. The molecule has 1 unspecified atom stereocenters. The van der Waals surface area contributed by atoms with Crippen LogP contribution >= 0.6 is 11.3 Å². The molecule has 3 N–H and O–H groups in total. The molecule has 1 amide bonds. The summed E-state index contributed by atoms with van der Waals surface area (Å²) in [5.41, 5.74) is 6.60. The van der Waals surface area contributed by atoms with E-state index in [0.717, 1.165) is 29.7 Å². The SMILES string of the molecule is CNC(=O)C1(C)CCCc2sc(N)c(C#N)c21. The fraction of sp³-hybridized carbons (Fsp3) is 0.500. The number of nitrogens with zero attached hydrogens (tertiary/aromatic N) is 1. The summed E-state index contributed by atoms with van der Waals surface area (Å²) in [6, 6.07) is 2.14. The average Bonchev–Trinajstić information content (AvgIpc) is 2.65. The van der Waals surface area contributed by atoms with Crippen molar-refractivity contribution >= 4 is 22.2 Å². The number of nitrogen functional groups attached to an aromatic ring is 1. The van der Waals surface area contributed by atoms with E-state index in [-0.39, 0.29) is 5.91 Å². The lowest BCUT2D eigenvalue weighted by molar-refractivity contribution is -0.126. The second-order valence-corrected chi connectivity index (χ2v) is 5.65. The van der Waals surface area contributed by atoms with Crippen LogP contribution in [0.1, 0.15) is 35.8 Å². The number of carbonyl (C=O) groups excluding carboxylic acids is 1. The number of nitrogens with one attached hydrogen (secondary N) is 1. The van der Waals surface area contributed by atoms with Crippen LogP contribution < -0.4 is 11.1 Å². The lowest BCUT2D eigenvalue weighted by atomic mass is 9.72. The number of likely N-dealkylation sites (N-methyl/N-ethyl adjacent to an activating group) is 1. The Kier molecular flexibility index (Phi) is 2.84. The number of hydrogen-bond donors (Lipinski definition) is 2. The molecule has 1 heterocycles. The van der Waals surface area contributed by atoms with Crippen LogP contribution in [0.15, 0.2) is 0 Å². The minimum absolute atomic E-state index is 0.0345. The van der Waals surface area contributed by atoms with Gasteiger partial charge in [-0.2, -0.15) is 5.26 Å². The van der Waals surface area contributed by atoms with Crippen LogP contribution in [0.4, 0.5) is 5.00 Å². The third-order valence-electron chi connectivity index (χ3n) is 3.48. The molecule has 5 heteroatoms. The summed E-state index contributed by atoms with van der Waals surface area (Å²) >= 11 is 1.45. The summed E-state index contributed by atoms with van der Waals surface area (Å²) in [5.74, 6) is -0.0345. The highest BCUT2D eigenvalue weighted by Gasteiger charge is 2.42.